The van der Waals surface area contributed by atoms with Gasteiger partial charge in [0.2, 0.25) is 0 Å². The molecule has 0 N–H and O–H groups in total. The second-order valence-electron chi connectivity index (χ2n) is 5.35. The molecule has 0 saturated heterocycles. The third-order valence-corrected chi connectivity index (χ3v) is 4.02. The van der Waals surface area contributed by atoms with Gasteiger partial charge in [-0.15, -0.1) is 4.57 Å². The first-order valence-electron chi connectivity index (χ1n) is 7.55. The molecule has 0 aliphatic carbocycles. The fourth-order valence-corrected chi connectivity index (χ4v) is 2.67. The highest BCUT2D eigenvalue weighted by atomic mass is 35.5. The van der Waals surface area contributed by atoms with Crippen molar-refractivity contribution < 1.29 is 9.36 Å². The van der Waals surface area contributed by atoms with Crippen molar-refractivity contribution in [1.29, 1.82) is 0 Å². The number of halogens is 1. The number of carbonyl (C=O) groups is 1. The average molecular weight is 336 g/mol. The summed E-state index contributed by atoms with van der Waals surface area (Å²) in [4.78, 5) is 16.1. The van der Waals surface area contributed by atoms with Crippen molar-refractivity contribution in [1.82, 2.24) is 4.98 Å². The molecule has 118 valence electrons. The van der Waals surface area contributed by atoms with Gasteiger partial charge in [-0.05, 0) is 35.4 Å². The Morgan fingerprint density at radius 1 is 1.08 bits per heavy atom. The summed E-state index contributed by atoms with van der Waals surface area (Å²) < 4.78 is 1.45. The van der Waals surface area contributed by atoms with Crippen molar-refractivity contribution >= 4 is 29.7 Å². The smallest absolute Gasteiger partial charge is 0.264 e. The molecule has 1 aromatic carbocycles. The molecule has 24 heavy (non-hydrogen) atoms. The maximum absolute atomic E-state index is 11.9. The van der Waals surface area contributed by atoms with E-state index in [1.54, 1.807) is 18.6 Å². The SMILES string of the molecule is CC(=O)[n+]1cc(-c2cccnc2)cc(/C=C/c2ccccc2)c1Cl. The van der Waals surface area contributed by atoms with E-state index in [0.29, 0.717) is 5.15 Å². The standard InChI is InChI=1S/C20H16ClN2O/c1-15(24)23-14-19(18-8-5-11-22-13-18)12-17(20(23)21)10-9-16-6-3-2-4-7-16/h2-14H,1H3/q+1/b10-9+. The van der Waals surface area contributed by atoms with Gasteiger partial charge in [0.1, 0.15) is 0 Å². The number of hydrogen-bond donors (Lipinski definition) is 0. The summed E-state index contributed by atoms with van der Waals surface area (Å²) in [6.45, 7) is 1.49. The Kier molecular flexibility index (Phi) is 4.82. The van der Waals surface area contributed by atoms with Gasteiger partial charge >= 0.3 is 5.91 Å². The van der Waals surface area contributed by atoms with Gasteiger partial charge in [-0.1, -0.05) is 42.5 Å². The molecule has 0 amide bonds. The van der Waals surface area contributed by atoms with Gasteiger partial charge in [-0.2, -0.15) is 0 Å². The van der Waals surface area contributed by atoms with Crippen LogP contribution in [0.3, 0.4) is 0 Å². The largest absolute Gasteiger partial charge is 0.390 e. The molecule has 0 aliphatic heterocycles. The van der Waals surface area contributed by atoms with Crippen LogP contribution in [0.4, 0.5) is 0 Å². The summed E-state index contributed by atoms with van der Waals surface area (Å²) in [5.41, 5.74) is 3.65. The van der Waals surface area contributed by atoms with Crippen LogP contribution < -0.4 is 4.57 Å². The van der Waals surface area contributed by atoms with E-state index in [1.165, 1.54) is 11.5 Å². The molecule has 0 saturated carbocycles. The van der Waals surface area contributed by atoms with Gasteiger partial charge in [0.15, 0.2) is 6.20 Å². The first-order valence-corrected chi connectivity index (χ1v) is 7.92. The molecule has 0 fully saturated rings. The van der Waals surface area contributed by atoms with Crippen LogP contribution in [0.25, 0.3) is 23.3 Å². The Hall–Kier alpha value is -2.78. The summed E-state index contributed by atoms with van der Waals surface area (Å²) in [5.74, 6) is -0.139. The Labute approximate surface area is 145 Å². The van der Waals surface area contributed by atoms with Crippen LogP contribution in [0.1, 0.15) is 22.8 Å². The maximum atomic E-state index is 11.9. The van der Waals surface area contributed by atoms with Gasteiger partial charge in [0.05, 0.1) is 12.5 Å². The topological polar surface area (TPSA) is 33.8 Å². The van der Waals surface area contributed by atoms with Crippen LogP contribution in [-0.4, -0.2) is 10.9 Å². The molecule has 2 heterocycles. The van der Waals surface area contributed by atoms with E-state index in [-0.39, 0.29) is 5.91 Å². The summed E-state index contributed by atoms with van der Waals surface area (Å²) in [6.07, 6.45) is 9.10. The summed E-state index contributed by atoms with van der Waals surface area (Å²) in [7, 11) is 0. The zero-order valence-corrected chi connectivity index (χ0v) is 13.9. The van der Waals surface area contributed by atoms with E-state index in [9.17, 15) is 4.79 Å². The van der Waals surface area contributed by atoms with Crippen LogP contribution >= 0.6 is 11.6 Å². The van der Waals surface area contributed by atoms with Gasteiger partial charge in [0, 0.05) is 23.5 Å². The lowest BCUT2D eigenvalue weighted by molar-refractivity contribution is -0.570. The lowest BCUT2D eigenvalue weighted by Crippen LogP contribution is -2.41. The molecule has 0 unspecified atom stereocenters. The molecule has 3 aromatic rings. The fraction of sp³-hybridized carbons (Fsp3) is 0.0500. The highest BCUT2D eigenvalue weighted by Gasteiger charge is 2.20. The Morgan fingerprint density at radius 3 is 2.54 bits per heavy atom. The lowest BCUT2D eigenvalue weighted by atomic mass is 10.1. The van der Waals surface area contributed by atoms with Crippen LogP contribution in [0, 0.1) is 0 Å². The van der Waals surface area contributed by atoms with Crippen LogP contribution in [-0.2, 0) is 0 Å². The summed E-state index contributed by atoms with van der Waals surface area (Å²) in [5, 5.41) is 0.391. The highest BCUT2D eigenvalue weighted by molar-refractivity contribution is 6.30. The summed E-state index contributed by atoms with van der Waals surface area (Å²) in [6, 6.07) is 15.7. The third-order valence-electron chi connectivity index (χ3n) is 3.62. The number of pyridine rings is 2. The molecule has 0 radical (unpaired) electrons. The molecular formula is C20H16ClN2O+. The van der Waals surface area contributed by atoms with Crippen LogP contribution in [0.5, 0.6) is 0 Å². The Bertz CT molecular complexity index is 890. The molecule has 0 bridgehead atoms. The van der Waals surface area contributed by atoms with Crippen molar-refractivity contribution in [3.05, 3.63) is 83.4 Å². The van der Waals surface area contributed by atoms with E-state index in [2.05, 4.69) is 4.98 Å². The Balaban J connectivity index is 2.09. The lowest BCUT2D eigenvalue weighted by Gasteiger charge is -2.04. The van der Waals surface area contributed by atoms with Gasteiger partial charge in [-0.3, -0.25) is 4.98 Å². The zero-order valence-electron chi connectivity index (χ0n) is 13.2. The molecular weight excluding hydrogens is 320 g/mol. The van der Waals surface area contributed by atoms with Crippen molar-refractivity contribution in [2.24, 2.45) is 0 Å². The Morgan fingerprint density at radius 2 is 1.88 bits per heavy atom. The minimum atomic E-state index is -0.139. The molecule has 0 aliphatic rings. The van der Waals surface area contributed by atoms with E-state index < -0.39 is 0 Å². The molecule has 3 rings (SSSR count). The second kappa shape index (κ2) is 7.20. The summed E-state index contributed by atoms with van der Waals surface area (Å²) >= 11 is 6.40. The normalized spacial score (nSPS) is 10.9. The number of benzene rings is 1. The minimum absolute atomic E-state index is 0.139. The van der Waals surface area contributed by atoms with Gasteiger partial charge in [0.25, 0.3) is 5.15 Å². The van der Waals surface area contributed by atoms with Gasteiger partial charge in [-0.25, -0.2) is 4.79 Å². The molecule has 2 aromatic heterocycles. The van der Waals surface area contributed by atoms with Crippen molar-refractivity contribution in [2.75, 3.05) is 0 Å². The van der Waals surface area contributed by atoms with E-state index in [1.807, 2.05) is 60.7 Å². The third kappa shape index (κ3) is 3.58. The minimum Gasteiger partial charge on any atom is -0.264 e. The predicted molar refractivity (Wildman–Crippen MR) is 96.5 cm³/mol. The van der Waals surface area contributed by atoms with E-state index >= 15 is 0 Å². The maximum Gasteiger partial charge on any atom is 0.390 e. The molecule has 0 atom stereocenters. The molecule has 4 heteroatoms. The number of aromatic nitrogens is 2. The average Bonchev–Trinajstić information content (AvgIpc) is 2.62. The molecule has 3 nitrogen and oxygen atoms in total. The first-order chi connectivity index (χ1) is 11.6. The van der Waals surface area contributed by atoms with Crippen molar-refractivity contribution in [3.8, 4) is 11.1 Å². The zero-order chi connectivity index (χ0) is 16.9. The fourth-order valence-electron chi connectivity index (χ4n) is 2.39. The second-order valence-corrected chi connectivity index (χ2v) is 5.71. The number of nitrogens with zero attached hydrogens (tertiary/aromatic N) is 2. The van der Waals surface area contributed by atoms with E-state index in [4.69, 9.17) is 11.6 Å². The van der Waals surface area contributed by atoms with Crippen molar-refractivity contribution in [2.45, 2.75) is 6.92 Å². The first kappa shape index (κ1) is 16.1. The predicted octanol–water partition coefficient (Wildman–Crippen LogP) is 4.52. The van der Waals surface area contributed by atoms with Crippen LogP contribution in [0.2, 0.25) is 5.15 Å². The van der Waals surface area contributed by atoms with Crippen molar-refractivity contribution in [3.63, 3.8) is 0 Å². The highest BCUT2D eigenvalue weighted by Crippen LogP contribution is 2.23. The monoisotopic (exact) mass is 335 g/mol. The number of rotatable bonds is 3. The van der Waals surface area contributed by atoms with Crippen LogP contribution in [0.15, 0.2) is 67.1 Å². The number of hydrogen-bond acceptors (Lipinski definition) is 2. The molecule has 0 spiro atoms. The van der Waals surface area contributed by atoms with E-state index in [0.717, 1.165) is 22.3 Å². The quantitative estimate of drug-likeness (QED) is 0.521. The van der Waals surface area contributed by atoms with Gasteiger partial charge < -0.3 is 0 Å². The number of carbonyl (C=O) groups excluding carboxylic acids is 1.